The van der Waals surface area contributed by atoms with Gasteiger partial charge in [-0.15, -0.1) is 0 Å². The molecule has 0 unspecified atom stereocenters. The van der Waals surface area contributed by atoms with Crippen molar-refractivity contribution in [2.24, 2.45) is 17.2 Å². The molecule has 1 saturated heterocycles. The van der Waals surface area contributed by atoms with E-state index in [1.165, 1.54) is 29.0 Å². The van der Waals surface area contributed by atoms with Crippen molar-refractivity contribution in [2.45, 2.75) is 24.5 Å². The van der Waals surface area contributed by atoms with Gasteiger partial charge in [-0.3, -0.25) is 19.6 Å². The molecule has 1 fully saturated rings. The van der Waals surface area contributed by atoms with Crippen LogP contribution in [0.25, 0.3) is 0 Å². The second-order valence-electron chi connectivity index (χ2n) is 5.90. The van der Waals surface area contributed by atoms with Gasteiger partial charge in [0.15, 0.2) is 5.76 Å². The van der Waals surface area contributed by atoms with Gasteiger partial charge in [-0.25, -0.2) is 5.06 Å². The zero-order valence-corrected chi connectivity index (χ0v) is 14.9. The number of hydroxylamine groups is 2. The van der Waals surface area contributed by atoms with Crippen molar-refractivity contribution in [3.05, 3.63) is 24.2 Å². The van der Waals surface area contributed by atoms with Crippen molar-refractivity contribution >= 4 is 29.5 Å². The van der Waals surface area contributed by atoms with E-state index >= 15 is 0 Å². The molecule has 2 rings (SSSR count). The fourth-order valence-corrected chi connectivity index (χ4v) is 3.47. The van der Waals surface area contributed by atoms with Gasteiger partial charge in [-0.2, -0.15) is 11.8 Å². The lowest BCUT2D eigenvalue weighted by atomic mass is 10.1. The van der Waals surface area contributed by atoms with E-state index in [2.05, 4.69) is 0 Å². The molecule has 1 aromatic heterocycles. The molecule has 2 heterocycles. The summed E-state index contributed by atoms with van der Waals surface area (Å²) in [5.41, 5.74) is 16.5. The molecule has 3 amide bonds. The summed E-state index contributed by atoms with van der Waals surface area (Å²) in [6.07, 6.45) is 1.35. The maximum atomic E-state index is 12.5. The normalized spacial score (nSPS) is 20.8. The van der Waals surface area contributed by atoms with Gasteiger partial charge in [-0.05, 0) is 12.1 Å². The van der Waals surface area contributed by atoms with Gasteiger partial charge in [-0.1, -0.05) is 0 Å². The van der Waals surface area contributed by atoms with Crippen LogP contribution >= 0.6 is 11.8 Å². The lowest BCUT2D eigenvalue weighted by Crippen LogP contribution is -2.49. The van der Waals surface area contributed by atoms with E-state index in [0.29, 0.717) is 23.1 Å². The number of hydrogen-bond acceptors (Lipinski definition) is 8. The van der Waals surface area contributed by atoms with Crippen LogP contribution < -0.4 is 17.2 Å². The van der Waals surface area contributed by atoms with Gasteiger partial charge in [0.25, 0.3) is 11.8 Å². The number of nitrogens with zero attached hydrogens (tertiary/aromatic N) is 2. The first-order valence-electron chi connectivity index (χ1n) is 8.06. The zero-order valence-electron chi connectivity index (χ0n) is 14.1. The lowest BCUT2D eigenvalue weighted by Gasteiger charge is -2.25. The maximum Gasteiger partial charge on any atom is 0.290 e. The number of thioether (sulfide) groups is 1. The van der Waals surface area contributed by atoms with Crippen molar-refractivity contribution in [1.29, 1.82) is 0 Å². The molecule has 144 valence electrons. The average Bonchev–Trinajstić information content (AvgIpc) is 3.29. The standard InChI is InChI=1S/C15H23N5O5S/c16-3-5-26-8-10(17)14(22)20(24)9-6-11(13(18)21)19(7-9)15(23)12-2-1-4-25-12/h1-2,4,9-11,24H,3,5-8,16-17H2,(H2,18,21)/t9-,10-,11-/m0/s1. The molecule has 26 heavy (non-hydrogen) atoms. The molecule has 1 aromatic rings. The molecule has 0 spiro atoms. The lowest BCUT2D eigenvalue weighted by molar-refractivity contribution is -0.175. The first-order valence-corrected chi connectivity index (χ1v) is 9.21. The Hall–Kier alpha value is -2.08. The molecule has 0 aromatic carbocycles. The molecule has 11 heteroatoms. The van der Waals surface area contributed by atoms with Gasteiger partial charge < -0.3 is 26.5 Å². The number of nitrogens with two attached hydrogens (primary N) is 3. The molecular weight excluding hydrogens is 362 g/mol. The van der Waals surface area contributed by atoms with Crippen molar-refractivity contribution in [2.75, 3.05) is 24.6 Å². The van der Waals surface area contributed by atoms with E-state index in [0.717, 1.165) is 0 Å². The van der Waals surface area contributed by atoms with E-state index in [-0.39, 0.29) is 18.7 Å². The molecule has 0 aliphatic carbocycles. The van der Waals surface area contributed by atoms with Gasteiger partial charge in [0.05, 0.1) is 18.3 Å². The van der Waals surface area contributed by atoms with Gasteiger partial charge >= 0.3 is 0 Å². The second-order valence-corrected chi connectivity index (χ2v) is 7.05. The Kier molecular flexibility index (Phi) is 7.03. The minimum absolute atomic E-state index is 0.0205. The summed E-state index contributed by atoms with van der Waals surface area (Å²) in [5, 5.41) is 10.7. The maximum absolute atomic E-state index is 12.5. The summed E-state index contributed by atoms with van der Waals surface area (Å²) in [6, 6.07) is 0.339. The Morgan fingerprint density at radius 3 is 2.77 bits per heavy atom. The highest BCUT2D eigenvalue weighted by atomic mass is 32.2. The molecule has 0 saturated carbocycles. The molecule has 0 radical (unpaired) electrons. The molecule has 3 atom stereocenters. The Morgan fingerprint density at radius 2 is 2.19 bits per heavy atom. The second kappa shape index (κ2) is 9.03. The first kappa shape index (κ1) is 20.2. The third kappa shape index (κ3) is 4.55. The van der Waals surface area contributed by atoms with Crippen LogP contribution in [0, 0.1) is 0 Å². The molecule has 7 N–H and O–H groups in total. The predicted octanol–water partition coefficient (Wildman–Crippen LogP) is -1.41. The number of rotatable bonds is 8. The molecular formula is C15H23N5O5S. The van der Waals surface area contributed by atoms with Crippen LogP contribution in [0.1, 0.15) is 17.0 Å². The van der Waals surface area contributed by atoms with Crippen molar-refractivity contribution < 1.29 is 24.0 Å². The smallest absolute Gasteiger partial charge is 0.290 e. The number of amides is 3. The van der Waals surface area contributed by atoms with Gasteiger partial charge in [0.2, 0.25) is 5.91 Å². The van der Waals surface area contributed by atoms with E-state index in [4.69, 9.17) is 21.6 Å². The third-order valence-corrected chi connectivity index (χ3v) is 5.17. The number of furan rings is 1. The fraction of sp³-hybridized carbons (Fsp3) is 0.533. The highest BCUT2D eigenvalue weighted by Gasteiger charge is 2.43. The SMILES string of the molecule is NCCSC[C@H](N)C(=O)N(O)[C@H]1C[C@@H](C(N)=O)N(C(=O)c2ccco2)C1. The van der Waals surface area contributed by atoms with E-state index in [9.17, 15) is 19.6 Å². The highest BCUT2D eigenvalue weighted by molar-refractivity contribution is 7.99. The van der Waals surface area contributed by atoms with Crippen molar-refractivity contribution in [1.82, 2.24) is 9.96 Å². The van der Waals surface area contributed by atoms with E-state index < -0.39 is 35.8 Å². The number of hydrogen-bond donors (Lipinski definition) is 4. The van der Waals surface area contributed by atoms with Crippen molar-refractivity contribution in [3.63, 3.8) is 0 Å². The fourth-order valence-electron chi connectivity index (χ4n) is 2.74. The summed E-state index contributed by atoms with van der Waals surface area (Å²) in [5.74, 6) is -0.960. The number of carbonyl (C=O) groups is 3. The highest BCUT2D eigenvalue weighted by Crippen LogP contribution is 2.24. The van der Waals surface area contributed by atoms with Crippen LogP contribution in [0.3, 0.4) is 0 Å². The predicted molar refractivity (Wildman–Crippen MR) is 94.1 cm³/mol. The van der Waals surface area contributed by atoms with Crippen LogP contribution in [0.2, 0.25) is 0 Å². The summed E-state index contributed by atoms with van der Waals surface area (Å²) in [7, 11) is 0. The molecule has 0 bridgehead atoms. The summed E-state index contributed by atoms with van der Waals surface area (Å²) < 4.78 is 5.05. The van der Waals surface area contributed by atoms with Gasteiger partial charge in [0, 0.05) is 31.0 Å². The van der Waals surface area contributed by atoms with Crippen LogP contribution in [0.5, 0.6) is 0 Å². The summed E-state index contributed by atoms with van der Waals surface area (Å²) in [6.45, 7) is 0.402. The van der Waals surface area contributed by atoms with Crippen molar-refractivity contribution in [3.8, 4) is 0 Å². The minimum atomic E-state index is -0.956. The monoisotopic (exact) mass is 385 g/mol. The first-order chi connectivity index (χ1) is 12.4. The number of carbonyl (C=O) groups excluding carboxylic acids is 3. The Bertz CT molecular complexity index is 640. The molecule has 10 nitrogen and oxygen atoms in total. The van der Waals surface area contributed by atoms with E-state index in [1.807, 2.05) is 0 Å². The average molecular weight is 385 g/mol. The quantitative estimate of drug-likeness (QED) is 0.240. The molecule has 1 aliphatic rings. The Balaban J connectivity index is 2.05. The Morgan fingerprint density at radius 1 is 1.46 bits per heavy atom. The summed E-state index contributed by atoms with van der Waals surface area (Å²) in [4.78, 5) is 37.6. The topological polar surface area (TPSA) is 169 Å². The number of primary amides is 1. The van der Waals surface area contributed by atoms with Gasteiger partial charge in [0.1, 0.15) is 6.04 Å². The number of likely N-dealkylation sites (tertiary alicyclic amines) is 1. The largest absolute Gasteiger partial charge is 0.459 e. The van der Waals surface area contributed by atoms with Crippen LogP contribution in [0.4, 0.5) is 0 Å². The summed E-state index contributed by atoms with van der Waals surface area (Å²) >= 11 is 1.40. The van der Waals surface area contributed by atoms with E-state index in [1.54, 1.807) is 6.07 Å². The van der Waals surface area contributed by atoms with Crippen LogP contribution in [-0.4, -0.2) is 75.6 Å². The minimum Gasteiger partial charge on any atom is -0.459 e. The Labute approximate surface area is 154 Å². The zero-order chi connectivity index (χ0) is 19.3. The van der Waals surface area contributed by atoms with Crippen LogP contribution in [0.15, 0.2) is 22.8 Å². The van der Waals surface area contributed by atoms with Crippen LogP contribution in [-0.2, 0) is 9.59 Å². The third-order valence-electron chi connectivity index (χ3n) is 4.05. The molecule has 1 aliphatic heterocycles.